The van der Waals surface area contributed by atoms with Gasteiger partial charge in [-0.3, -0.25) is 14.6 Å². The molecule has 5 aliphatic rings. The number of rotatable bonds is 5. The van der Waals surface area contributed by atoms with E-state index in [-0.39, 0.29) is 18.0 Å². The van der Waals surface area contributed by atoms with Crippen molar-refractivity contribution >= 4 is 5.91 Å². The summed E-state index contributed by atoms with van der Waals surface area (Å²) in [4.78, 5) is 20.9. The summed E-state index contributed by atoms with van der Waals surface area (Å²) in [6.07, 6.45) is 18.5. The predicted molar refractivity (Wildman–Crippen MR) is 147 cm³/mol. The number of likely N-dealkylation sites (tertiary alicyclic amines) is 1. The molecular formula is C30H44N6O. The van der Waals surface area contributed by atoms with Crippen LogP contribution >= 0.6 is 0 Å². The fraction of sp³-hybridized carbons (Fsp3) is 0.667. The third kappa shape index (κ3) is 6.37. The summed E-state index contributed by atoms with van der Waals surface area (Å²) < 4.78 is 0. The van der Waals surface area contributed by atoms with Gasteiger partial charge in [0.05, 0.1) is 18.2 Å². The lowest BCUT2D eigenvalue weighted by molar-refractivity contribution is -0.118. The van der Waals surface area contributed by atoms with Crippen molar-refractivity contribution in [3.8, 4) is 6.07 Å². The van der Waals surface area contributed by atoms with Gasteiger partial charge in [-0.25, -0.2) is 0 Å². The lowest BCUT2D eigenvalue weighted by Gasteiger charge is -2.43. The van der Waals surface area contributed by atoms with Crippen LogP contribution in [0.3, 0.4) is 0 Å². The number of carbonyl (C=O) groups is 1. The highest BCUT2D eigenvalue weighted by Gasteiger charge is 2.34. The average Bonchev–Trinajstić information content (AvgIpc) is 2.94. The van der Waals surface area contributed by atoms with Crippen molar-refractivity contribution in [2.75, 3.05) is 46.3 Å². The summed E-state index contributed by atoms with van der Waals surface area (Å²) in [6, 6.07) is 3.05. The molecule has 0 aromatic heterocycles. The molecule has 5 rings (SSSR count). The van der Waals surface area contributed by atoms with Crippen LogP contribution in [0.2, 0.25) is 0 Å². The molecule has 7 heteroatoms. The van der Waals surface area contributed by atoms with E-state index in [0.29, 0.717) is 23.6 Å². The second-order valence-corrected chi connectivity index (χ2v) is 11.8. The van der Waals surface area contributed by atoms with E-state index in [0.717, 1.165) is 25.0 Å². The smallest absolute Gasteiger partial charge is 0.267 e. The van der Waals surface area contributed by atoms with Crippen molar-refractivity contribution in [2.45, 2.75) is 70.0 Å². The summed E-state index contributed by atoms with van der Waals surface area (Å²) in [5.41, 5.74) is 2.65. The van der Waals surface area contributed by atoms with Gasteiger partial charge in [-0.05, 0) is 76.1 Å². The molecule has 200 valence electrons. The number of piperazine rings is 1. The Morgan fingerprint density at radius 2 is 1.76 bits per heavy atom. The largest absolute Gasteiger partial charge is 0.357 e. The van der Waals surface area contributed by atoms with Crippen molar-refractivity contribution in [3.05, 3.63) is 47.3 Å². The molecule has 2 saturated heterocycles. The van der Waals surface area contributed by atoms with Gasteiger partial charge in [-0.15, -0.1) is 0 Å². The molecule has 3 heterocycles. The molecule has 0 bridgehead atoms. The van der Waals surface area contributed by atoms with Crippen molar-refractivity contribution in [1.82, 2.24) is 25.3 Å². The molecule has 2 atom stereocenters. The van der Waals surface area contributed by atoms with Crippen LogP contribution in [0, 0.1) is 23.2 Å². The van der Waals surface area contributed by atoms with Crippen molar-refractivity contribution in [3.63, 3.8) is 0 Å². The van der Waals surface area contributed by atoms with Crippen LogP contribution in [0.4, 0.5) is 0 Å². The number of nitriles is 1. The average molecular weight is 505 g/mol. The molecule has 0 aromatic rings. The summed E-state index contributed by atoms with van der Waals surface area (Å²) in [7, 11) is 2.23. The highest BCUT2D eigenvalue weighted by molar-refractivity contribution is 5.93. The molecule has 7 nitrogen and oxygen atoms in total. The summed E-state index contributed by atoms with van der Waals surface area (Å²) in [6.45, 7) is 9.33. The zero-order chi connectivity index (χ0) is 25.8. The summed E-state index contributed by atoms with van der Waals surface area (Å²) in [5.74, 6) is 1.30. The van der Waals surface area contributed by atoms with Gasteiger partial charge in [0.25, 0.3) is 5.91 Å². The van der Waals surface area contributed by atoms with E-state index in [9.17, 15) is 4.79 Å². The van der Waals surface area contributed by atoms with Crippen LogP contribution in [-0.4, -0.2) is 85.0 Å². The van der Waals surface area contributed by atoms with Gasteiger partial charge in [0.15, 0.2) is 0 Å². The second-order valence-electron chi connectivity index (χ2n) is 11.8. The Bertz CT molecular complexity index is 982. The van der Waals surface area contributed by atoms with E-state index in [2.05, 4.69) is 63.6 Å². The van der Waals surface area contributed by atoms with Gasteiger partial charge in [0.2, 0.25) is 0 Å². The number of hydrogen-bond donors (Lipinski definition) is 2. The Balaban J connectivity index is 1.23. The van der Waals surface area contributed by atoms with Crippen LogP contribution in [0.15, 0.2) is 47.3 Å². The third-order valence-electron chi connectivity index (χ3n) is 9.30. The molecule has 2 unspecified atom stereocenters. The lowest BCUT2D eigenvalue weighted by atomic mass is 9.78. The second kappa shape index (κ2) is 12.0. The van der Waals surface area contributed by atoms with Gasteiger partial charge >= 0.3 is 0 Å². The normalized spacial score (nSPS) is 32.5. The first-order valence-corrected chi connectivity index (χ1v) is 14.4. The van der Waals surface area contributed by atoms with Gasteiger partial charge in [0.1, 0.15) is 5.70 Å². The molecule has 37 heavy (non-hydrogen) atoms. The number of nitrogens with zero attached hydrogens (tertiary/aromatic N) is 4. The maximum atomic E-state index is 13.1. The van der Waals surface area contributed by atoms with E-state index >= 15 is 0 Å². The maximum Gasteiger partial charge on any atom is 0.267 e. The molecule has 3 fully saturated rings. The molecule has 2 aliphatic carbocycles. The Hall–Kier alpha value is -2.40. The highest BCUT2D eigenvalue weighted by atomic mass is 16.2. The number of amides is 1. The first-order chi connectivity index (χ1) is 18.0. The predicted octanol–water partition coefficient (Wildman–Crippen LogP) is 3.16. The highest BCUT2D eigenvalue weighted by Crippen LogP contribution is 2.36. The Labute approximate surface area is 222 Å². The SMILES string of the molecule is CC1CCN(C2C=C(C3CCC(N4CCN(C)CC4)CC3)C=CC2NC(=O)C2=CCC(C#N)=CN2)CC1. The summed E-state index contributed by atoms with van der Waals surface area (Å²) >= 11 is 0. The number of piperidine rings is 1. The molecular weight excluding hydrogens is 460 g/mol. The van der Waals surface area contributed by atoms with Crippen molar-refractivity contribution in [2.24, 2.45) is 11.8 Å². The molecule has 0 aromatic carbocycles. The van der Waals surface area contributed by atoms with Gasteiger partial charge in [-0.1, -0.05) is 31.2 Å². The third-order valence-corrected chi connectivity index (χ3v) is 9.30. The standard InChI is InChI=1S/C30H44N6O/c1-22-11-13-36(14-12-22)29-19-25(24-4-7-26(8-5-24)35-17-15-34(2)16-18-35)6-10-27(29)33-30(37)28-9-3-23(20-31)21-32-28/h6,9-10,19,21-22,24,26-27,29,32H,3-5,7-8,11-18H2,1-2H3,(H,33,37). The number of allylic oxidation sites excluding steroid dienone is 4. The fourth-order valence-electron chi connectivity index (χ4n) is 6.67. The zero-order valence-electron chi connectivity index (χ0n) is 22.7. The Kier molecular flexibility index (Phi) is 8.49. The van der Waals surface area contributed by atoms with Crippen molar-refractivity contribution in [1.29, 1.82) is 5.26 Å². The van der Waals surface area contributed by atoms with Gasteiger partial charge in [-0.2, -0.15) is 5.26 Å². The Morgan fingerprint density at radius 1 is 1.03 bits per heavy atom. The van der Waals surface area contributed by atoms with Crippen LogP contribution in [0.25, 0.3) is 0 Å². The minimum Gasteiger partial charge on any atom is -0.357 e. The zero-order valence-corrected chi connectivity index (χ0v) is 22.7. The van der Waals surface area contributed by atoms with Gasteiger partial charge in [0, 0.05) is 50.4 Å². The van der Waals surface area contributed by atoms with Gasteiger partial charge < -0.3 is 15.5 Å². The minimum atomic E-state index is -0.0946. The Morgan fingerprint density at radius 3 is 2.41 bits per heavy atom. The molecule has 3 aliphatic heterocycles. The van der Waals surface area contributed by atoms with Crippen LogP contribution in [-0.2, 0) is 4.79 Å². The van der Waals surface area contributed by atoms with E-state index in [1.165, 1.54) is 70.3 Å². The van der Waals surface area contributed by atoms with E-state index < -0.39 is 0 Å². The molecule has 0 spiro atoms. The van der Waals surface area contributed by atoms with Crippen molar-refractivity contribution < 1.29 is 4.79 Å². The monoisotopic (exact) mass is 504 g/mol. The topological polar surface area (TPSA) is 74.6 Å². The lowest BCUT2D eigenvalue weighted by Crippen LogP contribution is -2.54. The van der Waals surface area contributed by atoms with E-state index in [4.69, 9.17) is 5.26 Å². The minimum absolute atomic E-state index is 0.0459. The summed E-state index contributed by atoms with van der Waals surface area (Å²) in [5, 5.41) is 15.4. The fourth-order valence-corrected chi connectivity index (χ4v) is 6.67. The van der Waals surface area contributed by atoms with Crippen LogP contribution in [0.5, 0.6) is 0 Å². The van der Waals surface area contributed by atoms with Crippen LogP contribution < -0.4 is 10.6 Å². The number of likely N-dealkylation sites (N-methyl/N-ethyl adjacent to an activating group) is 1. The number of carbonyl (C=O) groups excluding carboxylic acids is 1. The quantitative estimate of drug-likeness (QED) is 0.599. The van der Waals surface area contributed by atoms with Crippen LogP contribution in [0.1, 0.15) is 51.9 Å². The first kappa shape index (κ1) is 26.2. The first-order valence-electron chi connectivity index (χ1n) is 14.4. The van der Waals surface area contributed by atoms with E-state index in [1.807, 2.05) is 6.08 Å². The molecule has 1 saturated carbocycles. The molecule has 1 amide bonds. The number of dihydropyridines is 1. The molecule has 0 radical (unpaired) electrons. The maximum absolute atomic E-state index is 13.1. The number of nitrogens with one attached hydrogen (secondary N) is 2. The molecule has 2 N–H and O–H groups in total. The number of hydrogen-bond acceptors (Lipinski definition) is 6. The van der Waals surface area contributed by atoms with E-state index in [1.54, 1.807) is 6.20 Å².